The summed E-state index contributed by atoms with van der Waals surface area (Å²) in [5.74, 6) is 1.66. The lowest BCUT2D eigenvalue weighted by molar-refractivity contribution is 0.382. The molecule has 2 aromatic rings. The van der Waals surface area contributed by atoms with Crippen molar-refractivity contribution in [2.45, 2.75) is 44.7 Å². The van der Waals surface area contributed by atoms with Gasteiger partial charge in [0.05, 0.1) is 6.33 Å². The third-order valence-electron chi connectivity index (χ3n) is 5.56. The molecule has 2 aliphatic rings. The highest BCUT2D eigenvalue weighted by Crippen LogP contribution is 2.23. The second-order valence-electron chi connectivity index (χ2n) is 8.01. The number of rotatable bonds is 5. The summed E-state index contributed by atoms with van der Waals surface area (Å²) in [6.45, 7) is 10.00. The van der Waals surface area contributed by atoms with Crippen LogP contribution in [0.2, 0.25) is 0 Å². The topological polar surface area (TPSA) is 87.5 Å². The molecule has 0 amide bonds. The lowest BCUT2D eigenvalue weighted by Gasteiger charge is -2.34. The fraction of sp³-hybridized carbons (Fsp3) is 0.632. The first-order valence-electron chi connectivity index (χ1n) is 10.2. The maximum absolute atomic E-state index is 12.9. The van der Waals surface area contributed by atoms with E-state index >= 15 is 0 Å². The molecule has 29 heavy (non-hydrogen) atoms. The van der Waals surface area contributed by atoms with Crippen LogP contribution >= 0.6 is 0 Å². The van der Waals surface area contributed by atoms with Gasteiger partial charge in [0.25, 0.3) is 10.0 Å². The number of hydrogen-bond acceptors (Lipinski definition) is 7. The minimum atomic E-state index is -3.58. The zero-order chi connectivity index (χ0) is 20.6. The van der Waals surface area contributed by atoms with E-state index in [0.29, 0.717) is 26.2 Å². The van der Waals surface area contributed by atoms with Crippen molar-refractivity contribution in [3.63, 3.8) is 0 Å². The number of piperazine rings is 1. The largest absolute Gasteiger partial charge is 0.354 e. The van der Waals surface area contributed by atoms with Gasteiger partial charge in [-0.25, -0.2) is 18.4 Å². The Labute approximate surface area is 172 Å². The Morgan fingerprint density at radius 2 is 1.66 bits per heavy atom. The van der Waals surface area contributed by atoms with Gasteiger partial charge in [0.1, 0.15) is 5.82 Å². The molecule has 2 fully saturated rings. The van der Waals surface area contributed by atoms with E-state index in [1.165, 1.54) is 17.1 Å². The van der Waals surface area contributed by atoms with Crippen LogP contribution in [0, 0.1) is 6.92 Å². The van der Waals surface area contributed by atoms with E-state index in [0.717, 1.165) is 30.5 Å². The van der Waals surface area contributed by atoms with Crippen molar-refractivity contribution in [3.8, 4) is 0 Å². The highest BCUT2D eigenvalue weighted by molar-refractivity contribution is 7.89. The van der Waals surface area contributed by atoms with Crippen LogP contribution in [0.3, 0.4) is 0 Å². The van der Waals surface area contributed by atoms with Crippen molar-refractivity contribution in [3.05, 3.63) is 24.3 Å². The van der Waals surface area contributed by atoms with Gasteiger partial charge in [-0.1, -0.05) is 0 Å². The lowest BCUT2D eigenvalue weighted by atomic mass is 10.3. The molecule has 0 aliphatic carbocycles. The number of sulfonamides is 1. The molecule has 4 rings (SSSR count). The van der Waals surface area contributed by atoms with Crippen LogP contribution in [0.4, 0.5) is 11.8 Å². The maximum Gasteiger partial charge on any atom is 0.262 e. The van der Waals surface area contributed by atoms with Crippen molar-refractivity contribution in [2.75, 3.05) is 49.1 Å². The Morgan fingerprint density at radius 1 is 0.966 bits per heavy atom. The Bertz CT molecular complexity index is 959. The molecular weight excluding hydrogens is 390 g/mol. The molecule has 4 heterocycles. The maximum atomic E-state index is 12.9. The van der Waals surface area contributed by atoms with Crippen LogP contribution in [0.15, 0.2) is 23.6 Å². The normalized spacial score (nSPS) is 18.8. The summed E-state index contributed by atoms with van der Waals surface area (Å²) in [6.07, 6.45) is 5.55. The smallest absolute Gasteiger partial charge is 0.262 e. The van der Waals surface area contributed by atoms with E-state index in [-0.39, 0.29) is 11.1 Å². The minimum absolute atomic E-state index is 0.119. The molecule has 2 saturated heterocycles. The first kappa shape index (κ1) is 20.1. The average Bonchev–Trinajstić information content (AvgIpc) is 3.40. The lowest BCUT2D eigenvalue weighted by Crippen LogP contribution is -2.49. The van der Waals surface area contributed by atoms with Gasteiger partial charge in [-0.15, -0.1) is 0 Å². The Hall–Kier alpha value is -2.20. The summed E-state index contributed by atoms with van der Waals surface area (Å²) in [6, 6.07) is 2.16. The molecule has 158 valence electrons. The van der Waals surface area contributed by atoms with E-state index in [2.05, 4.69) is 19.8 Å². The number of aromatic nitrogens is 4. The second kappa shape index (κ2) is 7.91. The summed E-state index contributed by atoms with van der Waals surface area (Å²) < 4.78 is 29.2. The predicted molar refractivity (Wildman–Crippen MR) is 112 cm³/mol. The second-order valence-corrected chi connectivity index (χ2v) is 9.89. The Morgan fingerprint density at radius 3 is 2.28 bits per heavy atom. The van der Waals surface area contributed by atoms with Gasteiger partial charge < -0.3 is 14.4 Å². The molecule has 9 nitrogen and oxygen atoms in total. The van der Waals surface area contributed by atoms with Crippen LogP contribution in [0.5, 0.6) is 0 Å². The quantitative estimate of drug-likeness (QED) is 0.728. The van der Waals surface area contributed by atoms with Crippen LogP contribution < -0.4 is 9.80 Å². The van der Waals surface area contributed by atoms with Crippen molar-refractivity contribution in [1.82, 2.24) is 23.8 Å². The monoisotopic (exact) mass is 419 g/mol. The Balaban J connectivity index is 1.46. The summed E-state index contributed by atoms with van der Waals surface area (Å²) in [4.78, 5) is 17.8. The minimum Gasteiger partial charge on any atom is -0.354 e. The Kier molecular flexibility index (Phi) is 5.48. The molecule has 0 aromatic carbocycles. The van der Waals surface area contributed by atoms with Gasteiger partial charge >= 0.3 is 0 Å². The van der Waals surface area contributed by atoms with Crippen molar-refractivity contribution >= 4 is 21.8 Å². The molecule has 0 atom stereocenters. The van der Waals surface area contributed by atoms with E-state index in [1.54, 1.807) is 12.5 Å². The molecule has 0 spiro atoms. The number of nitrogens with zero attached hydrogens (tertiary/aromatic N) is 7. The first-order chi connectivity index (χ1) is 13.8. The van der Waals surface area contributed by atoms with Gasteiger partial charge in [0.15, 0.2) is 5.03 Å². The van der Waals surface area contributed by atoms with Gasteiger partial charge in [-0.05, 0) is 33.6 Å². The van der Waals surface area contributed by atoms with Gasteiger partial charge in [0.2, 0.25) is 5.95 Å². The van der Waals surface area contributed by atoms with Crippen LogP contribution in [0.25, 0.3) is 0 Å². The average molecular weight is 420 g/mol. The number of hydrogen-bond donors (Lipinski definition) is 0. The van der Waals surface area contributed by atoms with Crippen LogP contribution in [0.1, 0.15) is 38.4 Å². The number of anilines is 2. The standard InChI is InChI=1S/C19H29N7O2S/c1-15(2)25-13-18(20-14-25)29(27,28)26-10-8-23(9-11-26)17-12-16(3)21-19(22-17)24-6-4-5-7-24/h12-15H,4-11H2,1-3H3. The fourth-order valence-corrected chi connectivity index (χ4v) is 5.12. The van der Waals surface area contributed by atoms with E-state index < -0.39 is 10.0 Å². The zero-order valence-electron chi connectivity index (χ0n) is 17.3. The summed E-state index contributed by atoms with van der Waals surface area (Å²) in [5.41, 5.74) is 0.936. The molecule has 2 aromatic heterocycles. The highest BCUT2D eigenvalue weighted by Gasteiger charge is 2.31. The molecule has 0 radical (unpaired) electrons. The van der Waals surface area contributed by atoms with Crippen molar-refractivity contribution < 1.29 is 8.42 Å². The summed E-state index contributed by atoms with van der Waals surface area (Å²) in [7, 11) is -3.58. The third-order valence-corrected chi connectivity index (χ3v) is 7.34. The molecule has 0 bridgehead atoms. The molecule has 0 unspecified atom stereocenters. The zero-order valence-corrected chi connectivity index (χ0v) is 18.1. The van der Waals surface area contributed by atoms with Gasteiger partial charge in [-0.3, -0.25) is 0 Å². The predicted octanol–water partition coefficient (Wildman–Crippen LogP) is 1.67. The van der Waals surface area contributed by atoms with Crippen molar-refractivity contribution in [1.29, 1.82) is 0 Å². The molecule has 2 aliphatic heterocycles. The van der Waals surface area contributed by atoms with Crippen LogP contribution in [-0.4, -0.2) is 71.5 Å². The molecular formula is C19H29N7O2S. The van der Waals surface area contributed by atoms with E-state index in [9.17, 15) is 8.42 Å². The molecule has 0 N–H and O–H groups in total. The van der Waals surface area contributed by atoms with E-state index in [4.69, 9.17) is 4.98 Å². The highest BCUT2D eigenvalue weighted by atomic mass is 32.2. The fourth-order valence-electron chi connectivity index (χ4n) is 3.78. The van der Waals surface area contributed by atoms with Gasteiger partial charge in [0, 0.05) is 63.3 Å². The summed E-state index contributed by atoms with van der Waals surface area (Å²) >= 11 is 0. The number of aryl methyl sites for hydroxylation is 1. The van der Waals surface area contributed by atoms with E-state index in [1.807, 2.05) is 31.4 Å². The molecule has 0 saturated carbocycles. The SMILES string of the molecule is Cc1cc(N2CCN(S(=O)(=O)c3cn(C(C)C)cn3)CC2)nc(N2CCCC2)n1. The third kappa shape index (κ3) is 4.09. The van der Waals surface area contributed by atoms with Gasteiger partial charge in [-0.2, -0.15) is 9.29 Å². The molecule has 10 heteroatoms. The van der Waals surface area contributed by atoms with Crippen LogP contribution in [-0.2, 0) is 10.0 Å². The number of imidazole rings is 1. The van der Waals surface area contributed by atoms with Crippen molar-refractivity contribution in [2.24, 2.45) is 0 Å². The first-order valence-corrected chi connectivity index (χ1v) is 11.7. The summed E-state index contributed by atoms with van der Waals surface area (Å²) in [5, 5.41) is 0.119.